The second kappa shape index (κ2) is 25.7. The normalized spacial score (nSPS) is 48.3. The van der Waals surface area contributed by atoms with Gasteiger partial charge in [-0.2, -0.15) is 0 Å². The van der Waals surface area contributed by atoms with E-state index in [0.29, 0.717) is 38.5 Å². The summed E-state index contributed by atoms with van der Waals surface area (Å²) in [5.41, 5.74) is -5.03. The first-order valence-corrected chi connectivity index (χ1v) is 30.6. The molecular formula is C56H87NaO28S. The molecule has 0 aromatic carbocycles. The van der Waals surface area contributed by atoms with Gasteiger partial charge in [0.15, 0.2) is 36.5 Å². The Balaban J connectivity index is 0.00000961. The van der Waals surface area contributed by atoms with E-state index in [2.05, 4.69) is 11.1 Å². The largest absolute Gasteiger partial charge is 1.00 e. The number of cyclic esters (lactones) is 1. The summed E-state index contributed by atoms with van der Waals surface area (Å²) in [5, 5.41) is 112. The van der Waals surface area contributed by atoms with Crippen LogP contribution in [0.3, 0.4) is 0 Å². The molecular weight excluding hydrogens is 1180 g/mol. The summed E-state index contributed by atoms with van der Waals surface area (Å²) < 4.78 is 105. The summed E-state index contributed by atoms with van der Waals surface area (Å²) in [6.07, 6.45) is -29.7. The molecule has 30 heteroatoms. The first kappa shape index (κ1) is 70.3. The Morgan fingerprint density at radius 2 is 1.30 bits per heavy atom. The summed E-state index contributed by atoms with van der Waals surface area (Å²) >= 11 is 0. The number of ketones is 1. The summed E-state index contributed by atoms with van der Waals surface area (Å²) in [4.78, 5) is 40.6. The number of carbonyl (C=O) groups is 3. The van der Waals surface area contributed by atoms with E-state index in [-0.39, 0.29) is 60.0 Å². The smallest absolute Gasteiger partial charge is 0.726 e. The minimum atomic E-state index is -5.46. The van der Waals surface area contributed by atoms with E-state index in [4.69, 9.17) is 52.1 Å². The quantitative estimate of drug-likeness (QED) is 0.0153. The fraction of sp³-hybridized carbons (Fsp3) is 0.911. The maximum Gasteiger partial charge on any atom is 1.00 e. The van der Waals surface area contributed by atoms with Gasteiger partial charge in [-0.3, -0.25) is 18.6 Å². The van der Waals surface area contributed by atoms with E-state index in [0.717, 1.165) is 5.57 Å². The Morgan fingerprint density at radius 3 is 1.90 bits per heavy atom. The van der Waals surface area contributed by atoms with Gasteiger partial charge in [0.1, 0.15) is 96.5 Å². The topological polar surface area (TPSA) is 421 Å². The Labute approximate surface area is 521 Å². The van der Waals surface area contributed by atoms with Gasteiger partial charge in [0.25, 0.3) is 0 Å². The van der Waals surface area contributed by atoms with Crippen LogP contribution in [0.2, 0.25) is 0 Å². The number of ether oxygens (including phenoxy) is 11. The zero-order valence-electron chi connectivity index (χ0n) is 50.4. The molecule has 0 aromatic heterocycles. The molecule has 5 saturated heterocycles. The third-order valence-corrected chi connectivity index (χ3v) is 21.5. The monoisotopic (exact) mass is 1260 g/mol. The van der Waals surface area contributed by atoms with E-state index in [1.165, 1.54) is 21.0 Å². The average molecular weight is 1260 g/mol. The van der Waals surface area contributed by atoms with Gasteiger partial charge in [-0.1, -0.05) is 39.3 Å². The van der Waals surface area contributed by atoms with Crippen molar-refractivity contribution in [1.82, 2.24) is 0 Å². The molecule has 28 nitrogen and oxygen atoms in total. The molecule has 4 aliphatic carbocycles. The first-order valence-electron chi connectivity index (χ1n) is 29.3. The van der Waals surface area contributed by atoms with Crippen LogP contribution in [-0.2, 0) is 81.1 Å². The zero-order valence-corrected chi connectivity index (χ0v) is 53.3. The minimum absolute atomic E-state index is 0. The number of carbonyl (C=O) groups excluding carboxylic acids is 3. The van der Waals surface area contributed by atoms with Crippen molar-refractivity contribution in [3.05, 3.63) is 11.6 Å². The molecule has 0 amide bonds. The van der Waals surface area contributed by atoms with E-state index in [1.807, 2.05) is 26.8 Å². The van der Waals surface area contributed by atoms with E-state index in [1.54, 1.807) is 20.8 Å². The molecule has 1 spiro atoms. The predicted octanol–water partition coefficient (Wildman–Crippen LogP) is -4.98. The summed E-state index contributed by atoms with van der Waals surface area (Å²) in [7, 11) is -4.28. The van der Waals surface area contributed by atoms with Crippen molar-refractivity contribution in [2.75, 3.05) is 26.9 Å². The number of methoxy groups -OCH3 is 1. The number of allylic oxidation sites excluding steroid dienone is 1. The Morgan fingerprint density at radius 1 is 0.721 bits per heavy atom. The molecule has 0 aromatic rings. The molecule has 5 heterocycles. The van der Waals surface area contributed by atoms with Gasteiger partial charge in [0.2, 0.25) is 10.4 Å². The summed E-state index contributed by atoms with van der Waals surface area (Å²) in [6.45, 7) is 13.6. The number of fused-ring (bicyclic) bond motifs is 4. The third-order valence-electron chi connectivity index (χ3n) is 21.0. The molecule has 10 N–H and O–H groups in total. The van der Waals surface area contributed by atoms with Crippen molar-refractivity contribution in [3.63, 3.8) is 0 Å². The molecule has 486 valence electrons. The Hall–Kier alpha value is -1.54. The standard InChI is InChI=1S/C56H88O28S.Na/c1-23-42(79-48-41(68)44(36(63)28(21-58)77-48)80-47-40(67)43(73-10)35(62)27(20-57)76-47)38(65)39(66)46(75-23)81-45-37(64)29(84-85(70,71)72)22-74-49(45)78-34-15-17-53(7)26-19-33(61)56-31(13-18-54(56,8)25(26)11-12-30(53)52(34,5)6)55(9,83-50(56)69)32(60)14-16-51(3,4)82-24(2)59;/h19,23,25,27-31,33-49,57-58,61-68H,11-18,20-22H2,1-10H3,(H,70,71,72);/q;+1/p-1/t23-,25-,27-,28-,29-,30+,31-,33+,34+,35-,36-,37+,38-,39-,40-,41-,42-,43+,44+,45-,46+,47+,48+,49+,53-,54+,55-,56?;/m1./s1. The van der Waals surface area contributed by atoms with Gasteiger partial charge in [-0.05, 0) is 101 Å². The van der Waals surface area contributed by atoms with Crippen molar-refractivity contribution in [2.24, 2.45) is 39.4 Å². The van der Waals surface area contributed by atoms with Crippen molar-refractivity contribution in [3.8, 4) is 0 Å². The van der Waals surface area contributed by atoms with Crippen LogP contribution in [-0.4, -0.2) is 249 Å². The van der Waals surface area contributed by atoms with Gasteiger partial charge >= 0.3 is 41.5 Å². The summed E-state index contributed by atoms with van der Waals surface area (Å²) in [5.74, 6) is -2.38. The molecule has 28 atom stereocenters. The Kier molecular flexibility index (Phi) is 21.1. The van der Waals surface area contributed by atoms with E-state index < -0.39 is 210 Å². The van der Waals surface area contributed by atoms with Crippen molar-refractivity contribution >= 4 is 28.1 Å². The molecule has 9 rings (SSSR count). The van der Waals surface area contributed by atoms with Crippen LogP contribution in [0.15, 0.2) is 11.6 Å². The zero-order chi connectivity index (χ0) is 62.6. The fourth-order valence-corrected chi connectivity index (χ4v) is 17.1. The molecule has 5 aliphatic heterocycles. The van der Waals surface area contributed by atoms with Gasteiger partial charge < -0.3 is 108 Å². The second-order valence-electron chi connectivity index (χ2n) is 26.6. The maximum atomic E-state index is 14.6. The molecule has 3 saturated carbocycles. The van der Waals surface area contributed by atoms with Gasteiger partial charge in [0, 0.05) is 26.4 Å². The number of esters is 2. The minimum Gasteiger partial charge on any atom is -0.726 e. The van der Waals surface area contributed by atoms with Crippen LogP contribution in [0.4, 0.5) is 0 Å². The number of Topliss-reactive ketones (excluding diaryl/α,β-unsaturated/α-hetero) is 1. The van der Waals surface area contributed by atoms with Crippen LogP contribution >= 0.6 is 0 Å². The molecule has 86 heavy (non-hydrogen) atoms. The number of aliphatic hydroxyl groups is 10. The number of hydrogen-bond acceptors (Lipinski definition) is 28. The van der Waals surface area contributed by atoms with E-state index in [9.17, 15) is 78.4 Å². The van der Waals surface area contributed by atoms with Crippen molar-refractivity contribution in [2.45, 2.75) is 254 Å². The third kappa shape index (κ3) is 12.1. The van der Waals surface area contributed by atoms with Crippen LogP contribution < -0.4 is 29.6 Å². The molecule has 0 radical (unpaired) electrons. The molecule has 0 bridgehead atoms. The van der Waals surface area contributed by atoms with Gasteiger partial charge in [0.05, 0.1) is 38.1 Å². The second-order valence-corrected chi connectivity index (χ2v) is 27.7. The number of hydrogen-bond donors (Lipinski definition) is 10. The van der Waals surface area contributed by atoms with Gasteiger partial charge in [-0.15, -0.1) is 0 Å². The average Bonchev–Trinajstić information content (AvgIpc) is 1.44. The van der Waals surface area contributed by atoms with Crippen LogP contribution in [0, 0.1) is 39.4 Å². The van der Waals surface area contributed by atoms with Gasteiger partial charge in [-0.25, -0.2) is 8.42 Å². The molecule has 8 fully saturated rings. The van der Waals surface area contributed by atoms with Crippen LogP contribution in [0.5, 0.6) is 0 Å². The van der Waals surface area contributed by atoms with Crippen molar-refractivity contribution in [1.29, 1.82) is 0 Å². The van der Waals surface area contributed by atoms with Crippen LogP contribution in [0.1, 0.15) is 114 Å². The van der Waals surface area contributed by atoms with Crippen LogP contribution in [0.25, 0.3) is 0 Å². The molecule has 1 unspecified atom stereocenters. The maximum absolute atomic E-state index is 14.6. The SMILES string of the molecule is CO[C@@H]1[C@@H](O)[C@H](O[C@@H]2[C@@H](O)[C@H](O[C@H]3[C@H](O)[C@@H](O)[C@H](O[C@H]4[C@H](O[C@H]5CC[C@]6(C)C7=C[C@H](O)C89C(=O)O[C@@](C)(C(=O)CCC(C)(C)OC(C)=O)[C@H]8CC[C@@]9(C)[C@@H]7CC[C@H]6C5(C)C)OC[C@@H](OS(=O)(=O)[O-])[C@@H]4O)O[C@@H]3C)O[C@H](CO)[C@H]2O)O[C@H](CO)[C@H]1O.[Na+]. The number of rotatable bonds is 18. The first-order chi connectivity index (χ1) is 39.6. The van der Waals surface area contributed by atoms with E-state index >= 15 is 0 Å². The molecule has 9 aliphatic rings. The van der Waals surface area contributed by atoms with Crippen molar-refractivity contribution < 1.29 is 164 Å². The Bertz CT molecular complexity index is 2600. The number of aliphatic hydroxyl groups excluding tert-OH is 10. The summed E-state index contributed by atoms with van der Waals surface area (Å²) in [6, 6.07) is 0. The predicted molar refractivity (Wildman–Crippen MR) is 282 cm³/mol. The fourth-order valence-electron chi connectivity index (χ4n) is 16.6.